The number of rotatable bonds is 8. The smallest absolute Gasteiger partial charge is 0.344 e. The third kappa shape index (κ3) is 5.86. The largest absolute Gasteiger partial charge is 0.484 e. The first-order chi connectivity index (χ1) is 16.6. The van der Waals surface area contributed by atoms with Gasteiger partial charge in [0.05, 0.1) is 11.8 Å². The van der Waals surface area contributed by atoms with Gasteiger partial charge < -0.3 is 9.47 Å². The maximum atomic E-state index is 12.6. The average molecular weight is 453 g/mol. The van der Waals surface area contributed by atoms with Crippen LogP contribution in [0.1, 0.15) is 28.4 Å². The molecule has 0 saturated carbocycles. The van der Waals surface area contributed by atoms with Gasteiger partial charge >= 0.3 is 5.97 Å². The monoisotopic (exact) mass is 452 g/mol. The number of hydrogen-bond acceptors (Lipinski definition) is 5. The number of hydrazone groups is 1. The van der Waals surface area contributed by atoms with Gasteiger partial charge in [-0.2, -0.15) is 5.10 Å². The topological polar surface area (TPSA) is 77.0 Å². The summed E-state index contributed by atoms with van der Waals surface area (Å²) in [7, 11) is 0. The number of fused-ring (bicyclic) bond motifs is 1. The third-order valence-corrected chi connectivity index (χ3v) is 5.20. The molecule has 0 heterocycles. The molecule has 4 rings (SSSR count). The van der Waals surface area contributed by atoms with Gasteiger partial charge in [-0.1, -0.05) is 55.5 Å². The summed E-state index contributed by atoms with van der Waals surface area (Å²) in [6.45, 7) is 1.94. The van der Waals surface area contributed by atoms with Crippen LogP contribution in [0, 0.1) is 0 Å². The van der Waals surface area contributed by atoms with E-state index < -0.39 is 5.97 Å². The molecule has 0 fully saturated rings. The summed E-state index contributed by atoms with van der Waals surface area (Å²) in [4.78, 5) is 24.6. The van der Waals surface area contributed by atoms with Crippen LogP contribution < -0.4 is 14.9 Å². The van der Waals surface area contributed by atoms with Crippen molar-refractivity contribution in [2.24, 2.45) is 5.10 Å². The zero-order valence-electron chi connectivity index (χ0n) is 18.7. The van der Waals surface area contributed by atoms with Crippen LogP contribution in [-0.2, 0) is 11.2 Å². The van der Waals surface area contributed by atoms with Crippen molar-refractivity contribution in [3.63, 3.8) is 0 Å². The van der Waals surface area contributed by atoms with E-state index in [0.717, 1.165) is 22.8 Å². The van der Waals surface area contributed by atoms with Gasteiger partial charge in [-0.05, 0) is 70.8 Å². The highest BCUT2D eigenvalue weighted by Gasteiger charge is 2.12. The maximum absolute atomic E-state index is 12.6. The molecule has 0 aliphatic heterocycles. The van der Waals surface area contributed by atoms with E-state index in [9.17, 15) is 9.59 Å². The molecule has 0 spiro atoms. The molecule has 0 unspecified atom stereocenters. The molecule has 0 bridgehead atoms. The Morgan fingerprint density at radius 3 is 2.32 bits per heavy atom. The maximum Gasteiger partial charge on any atom is 0.344 e. The summed E-state index contributed by atoms with van der Waals surface area (Å²) in [5, 5.41) is 5.76. The summed E-state index contributed by atoms with van der Waals surface area (Å²) in [6, 6.07) is 27.6. The quantitative estimate of drug-likeness (QED) is 0.174. The predicted octanol–water partition coefficient (Wildman–Crippen LogP) is 5.15. The number of carbonyl (C=O) groups is 2. The molecule has 0 radical (unpaired) electrons. The molecular weight excluding hydrogens is 428 g/mol. The molecule has 4 aromatic rings. The lowest BCUT2D eigenvalue weighted by Crippen LogP contribution is -2.24. The standard InChI is InChI=1S/C28H24N2O4/c1-2-20-10-14-23(15-11-20)33-19-27(31)30-29-18-21-12-16-24(17-13-21)34-28(32)26-9-5-7-22-6-3-4-8-25(22)26/h3-18H,2,19H2,1H3,(H,30,31)/b29-18+. The van der Waals surface area contributed by atoms with Crippen molar-refractivity contribution in [1.82, 2.24) is 5.43 Å². The number of nitrogens with zero attached hydrogens (tertiary/aromatic N) is 1. The van der Waals surface area contributed by atoms with Crippen LogP contribution in [-0.4, -0.2) is 24.7 Å². The Kier molecular flexibility index (Phi) is 7.30. The Balaban J connectivity index is 1.28. The van der Waals surface area contributed by atoms with Gasteiger partial charge in [-0.3, -0.25) is 4.79 Å². The van der Waals surface area contributed by atoms with E-state index >= 15 is 0 Å². The summed E-state index contributed by atoms with van der Waals surface area (Å²) in [5.41, 5.74) is 4.88. The highest BCUT2D eigenvalue weighted by molar-refractivity contribution is 6.05. The van der Waals surface area contributed by atoms with Gasteiger partial charge in [-0.25, -0.2) is 10.2 Å². The molecule has 0 atom stereocenters. The van der Waals surface area contributed by atoms with Crippen molar-refractivity contribution >= 4 is 28.9 Å². The van der Waals surface area contributed by atoms with E-state index in [-0.39, 0.29) is 12.5 Å². The number of ether oxygens (including phenoxy) is 2. The summed E-state index contributed by atoms with van der Waals surface area (Å²) < 4.78 is 11.0. The lowest BCUT2D eigenvalue weighted by Gasteiger charge is -2.07. The molecule has 1 N–H and O–H groups in total. The average Bonchev–Trinajstić information content (AvgIpc) is 2.88. The second kappa shape index (κ2) is 10.9. The first kappa shape index (κ1) is 22.7. The fraction of sp³-hybridized carbons (Fsp3) is 0.107. The van der Waals surface area contributed by atoms with Crippen LogP contribution in [0.5, 0.6) is 11.5 Å². The minimum absolute atomic E-state index is 0.133. The number of esters is 1. The number of amides is 1. The molecule has 6 heteroatoms. The highest BCUT2D eigenvalue weighted by Crippen LogP contribution is 2.21. The molecule has 0 aliphatic carbocycles. The van der Waals surface area contributed by atoms with E-state index in [2.05, 4.69) is 17.5 Å². The third-order valence-electron chi connectivity index (χ3n) is 5.20. The van der Waals surface area contributed by atoms with Crippen molar-refractivity contribution in [2.75, 3.05) is 6.61 Å². The van der Waals surface area contributed by atoms with Gasteiger partial charge in [0.15, 0.2) is 6.61 Å². The van der Waals surface area contributed by atoms with E-state index in [0.29, 0.717) is 17.1 Å². The Bertz CT molecular complexity index is 1310. The van der Waals surface area contributed by atoms with Gasteiger partial charge in [0, 0.05) is 0 Å². The molecule has 0 aromatic heterocycles. The van der Waals surface area contributed by atoms with Crippen LogP contribution in [0.25, 0.3) is 10.8 Å². The lowest BCUT2D eigenvalue weighted by molar-refractivity contribution is -0.123. The number of carbonyl (C=O) groups excluding carboxylic acids is 2. The molecular formula is C28H24N2O4. The predicted molar refractivity (Wildman–Crippen MR) is 132 cm³/mol. The summed E-state index contributed by atoms with van der Waals surface area (Å²) in [6.07, 6.45) is 2.45. The van der Waals surface area contributed by atoms with Crippen LogP contribution in [0.4, 0.5) is 0 Å². The minimum Gasteiger partial charge on any atom is -0.484 e. The number of benzene rings is 4. The van der Waals surface area contributed by atoms with Gasteiger partial charge in [0.25, 0.3) is 5.91 Å². The number of nitrogens with one attached hydrogen (secondary N) is 1. The van der Waals surface area contributed by atoms with Crippen molar-refractivity contribution in [3.05, 3.63) is 108 Å². The summed E-state index contributed by atoms with van der Waals surface area (Å²) >= 11 is 0. The van der Waals surface area contributed by atoms with E-state index in [1.165, 1.54) is 11.8 Å². The van der Waals surface area contributed by atoms with Crippen LogP contribution in [0.2, 0.25) is 0 Å². The fourth-order valence-electron chi connectivity index (χ4n) is 3.37. The second-order valence-electron chi connectivity index (χ2n) is 7.56. The van der Waals surface area contributed by atoms with Crippen LogP contribution in [0.15, 0.2) is 96.1 Å². The Morgan fingerprint density at radius 1 is 0.853 bits per heavy atom. The van der Waals surface area contributed by atoms with Gasteiger partial charge in [-0.15, -0.1) is 0 Å². The molecule has 170 valence electrons. The second-order valence-corrected chi connectivity index (χ2v) is 7.56. The molecule has 0 aliphatic rings. The zero-order valence-corrected chi connectivity index (χ0v) is 18.7. The van der Waals surface area contributed by atoms with Gasteiger partial charge in [0.2, 0.25) is 0 Å². The van der Waals surface area contributed by atoms with Crippen molar-refractivity contribution < 1.29 is 19.1 Å². The molecule has 1 amide bonds. The van der Waals surface area contributed by atoms with Crippen LogP contribution in [0.3, 0.4) is 0 Å². The summed E-state index contributed by atoms with van der Waals surface area (Å²) in [5.74, 6) is 0.262. The SMILES string of the molecule is CCc1ccc(OCC(=O)N/N=C/c2ccc(OC(=O)c3cccc4ccccc34)cc2)cc1. The molecule has 6 nitrogen and oxygen atoms in total. The number of aryl methyl sites for hydroxylation is 1. The Hall–Kier alpha value is -4.45. The normalized spacial score (nSPS) is 10.9. The van der Waals surface area contributed by atoms with Crippen molar-refractivity contribution in [1.29, 1.82) is 0 Å². The number of hydrogen-bond donors (Lipinski definition) is 1. The Labute approximate surface area is 197 Å². The van der Waals surface area contributed by atoms with Crippen molar-refractivity contribution in [2.45, 2.75) is 13.3 Å². The minimum atomic E-state index is -0.421. The van der Waals surface area contributed by atoms with E-state index in [1.807, 2.05) is 60.7 Å². The molecule has 0 saturated heterocycles. The van der Waals surface area contributed by atoms with E-state index in [1.54, 1.807) is 30.3 Å². The van der Waals surface area contributed by atoms with E-state index in [4.69, 9.17) is 9.47 Å². The molecule has 34 heavy (non-hydrogen) atoms. The first-order valence-electron chi connectivity index (χ1n) is 11.0. The van der Waals surface area contributed by atoms with Crippen molar-refractivity contribution in [3.8, 4) is 11.5 Å². The zero-order chi connectivity index (χ0) is 23.8. The van der Waals surface area contributed by atoms with Gasteiger partial charge in [0.1, 0.15) is 11.5 Å². The lowest BCUT2D eigenvalue weighted by atomic mass is 10.0. The van der Waals surface area contributed by atoms with Crippen LogP contribution >= 0.6 is 0 Å². The fourth-order valence-corrected chi connectivity index (χ4v) is 3.37. The Morgan fingerprint density at radius 2 is 1.56 bits per heavy atom. The highest BCUT2D eigenvalue weighted by atomic mass is 16.5. The first-order valence-corrected chi connectivity index (χ1v) is 11.0. The molecule has 4 aromatic carbocycles.